The molecule has 0 spiro atoms. The monoisotopic (exact) mass is 336 g/mol. The Bertz CT molecular complexity index is 675. The molecule has 1 fully saturated rings. The van der Waals surface area contributed by atoms with Crippen molar-refractivity contribution in [3.63, 3.8) is 0 Å². The van der Waals surface area contributed by atoms with Gasteiger partial charge in [0.1, 0.15) is 23.2 Å². The highest BCUT2D eigenvalue weighted by atomic mass is 35.5. The summed E-state index contributed by atoms with van der Waals surface area (Å²) in [6.07, 6.45) is 1.58. The van der Waals surface area contributed by atoms with Gasteiger partial charge in [-0.2, -0.15) is 0 Å². The smallest absolute Gasteiger partial charge is 0.322 e. The SMILES string of the molecule is COc1cccc(Cl)c1NC(=O)N1CCOCC1c1ccco1. The van der Waals surface area contributed by atoms with Crippen molar-refractivity contribution < 1.29 is 18.7 Å². The van der Waals surface area contributed by atoms with Crippen molar-refractivity contribution in [2.75, 3.05) is 32.2 Å². The number of furan rings is 1. The number of halogens is 1. The summed E-state index contributed by atoms with van der Waals surface area (Å²) in [5.41, 5.74) is 0.450. The van der Waals surface area contributed by atoms with Gasteiger partial charge >= 0.3 is 6.03 Å². The quantitative estimate of drug-likeness (QED) is 0.931. The number of hydrogen-bond donors (Lipinski definition) is 1. The second-order valence-corrected chi connectivity index (χ2v) is 5.45. The highest BCUT2D eigenvalue weighted by Crippen LogP contribution is 2.33. The van der Waals surface area contributed by atoms with E-state index in [2.05, 4.69) is 5.32 Å². The number of benzene rings is 1. The minimum absolute atomic E-state index is 0.271. The molecule has 1 atom stereocenters. The molecule has 1 N–H and O–H groups in total. The number of anilines is 1. The van der Waals surface area contributed by atoms with Gasteiger partial charge in [0.2, 0.25) is 0 Å². The van der Waals surface area contributed by atoms with E-state index >= 15 is 0 Å². The van der Waals surface area contributed by atoms with Gasteiger partial charge in [0.15, 0.2) is 0 Å². The lowest BCUT2D eigenvalue weighted by atomic mass is 10.2. The van der Waals surface area contributed by atoms with E-state index < -0.39 is 0 Å². The lowest BCUT2D eigenvalue weighted by molar-refractivity contribution is 0.00733. The molecule has 0 aliphatic carbocycles. The van der Waals surface area contributed by atoms with Gasteiger partial charge in [-0.05, 0) is 24.3 Å². The highest BCUT2D eigenvalue weighted by molar-refractivity contribution is 6.34. The average Bonchev–Trinajstić information content (AvgIpc) is 3.11. The minimum Gasteiger partial charge on any atom is -0.495 e. The Morgan fingerprint density at radius 2 is 2.26 bits per heavy atom. The van der Waals surface area contributed by atoms with E-state index in [0.717, 1.165) is 0 Å². The van der Waals surface area contributed by atoms with E-state index in [4.69, 9.17) is 25.5 Å². The first-order chi connectivity index (χ1) is 11.2. The zero-order valence-electron chi connectivity index (χ0n) is 12.6. The molecule has 2 aromatic rings. The van der Waals surface area contributed by atoms with Crippen LogP contribution in [0.5, 0.6) is 5.75 Å². The second kappa shape index (κ2) is 6.93. The lowest BCUT2D eigenvalue weighted by Gasteiger charge is -2.34. The van der Waals surface area contributed by atoms with Gasteiger partial charge in [0.05, 0.1) is 31.6 Å². The largest absolute Gasteiger partial charge is 0.495 e. The van der Waals surface area contributed by atoms with Crippen LogP contribution in [0.15, 0.2) is 41.0 Å². The van der Waals surface area contributed by atoms with Gasteiger partial charge in [0, 0.05) is 6.54 Å². The van der Waals surface area contributed by atoms with Crippen molar-refractivity contribution in [2.45, 2.75) is 6.04 Å². The van der Waals surface area contributed by atoms with Gasteiger partial charge in [0.25, 0.3) is 0 Å². The lowest BCUT2D eigenvalue weighted by Crippen LogP contribution is -2.45. The number of morpholine rings is 1. The van der Waals surface area contributed by atoms with Crippen molar-refractivity contribution >= 4 is 23.3 Å². The van der Waals surface area contributed by atoms with Gasteiger partial charge in [-0.15, -0.1) is 0 Å². The van der Waals surface area contributed by atoms with Crippen LogP contribution in [0, 0.1) is 0 Å². The van der Waals surface area contributed by atoms with Crippen LogP contribution in [-0.2, 0) is 4.74 Å². The Kier molecular flexibility index (Phi) is 4.73. The van der Waals surface area contributed by atoms with Crippen LogP contribution in [0.2, 0.25) is 5.02 Å². The topological polar surface area (TPSA) is 63.9 Å². The number of urea groups is 1. The normalized spacial score (nSPS) is 17.8. The zero-order chi connectivity index (χ0) is 16.2. The van der Waals surface area contributed by atoms with Crippen molar-refractivity contribution in [1.82, 2.24) is 4.90 Å². The van der Waals surface area contributed by atoms with Crippen molar-refractivity contribution in [2.24, 2.45) is 0 Å². The van der Waals surface area contributed by atoms with E-state index in [1.807, 2.05) is 6.07 Å². The number of amides is 2. The number of rotatable bonds is 3. The number of nitrogens with one attached hydrogen (secondary N) is 1. The first-order valence-electron chi connectivity index (χ1n) is 7.22. The third kappa shape index (κ3) is 3.28. The molecule has 6 nitrogen and oxygen atoms in total. The average molecular weight is 337 g/mol. The molecule has 7 heteroatoms. The standard InChI is InChI=1S/C16H17ClN2O4/c1-21-14-5-2-4-11(17)15(14)18-16(20)19-7-9-22-10-12(19)13-6-3-8-23-13/h2-6,8,12H,7,9-10H2,1H3,(H,18,20). The molecule has 1 unspecified atom stereocenters. The summed E-state index contributed by atoms with van der Waals surface area (Å²) in [6, 6.07) is 8.27. The number of carbonyl (C=O) groups is 1. The van der Waals surface area contributed by atoms with Crippen LogP contribution in [0.3, 0.4) is 0 Å². The summed E-state index contributed by atoms with van der Waals surface area (Å²) >= 11 is 6.17. The fourth-order valence-corrected chi connectivity index (χ4v) is 2.75. The molecule has 0 bridgehead atoms. The van der Waals surface area contributed by atoms with Gasteiger partial charge in [-0.3, -0.25) is 0 Å². The fourth-order valence-electron chi connectivity index (χ4n) is 2.54. The number of carbonyl (C=O) groups excluding carboxylic acids is 1. The number of para-hydroxylation sites is 1. The van der Waals surface area contributed by atoms with Crippen LogP contribution < -0.4 is 10.1 Å². The predicted octanol–water partition coefficient (Wildman–Crippen LogP) is 3.55. The maximum Gasteiger partial charge on any atom is 0.322 e. The van der Waals surface area contributed by atoms with Crippen LogP contribution in [0.4, 0.5) is 10.5 Å². The molecule has 2 amide bonds. The van der Waals surface area contributed by atoms with E-state index in [9.17, 15) is 4.79 Å². The predicted molar refractivity (Wildman–Crippen MR) is 86.0 cm³/mol. The maximum absolute atomic E-state index is 12.7. The van der Waals surface area contributed by atoms with Crippen LogP contribution in [-0.4, -0.2) is 37.8 Å². The van der Waals surface area contributed by atoms with E-state index in [0.29, 0.717) is 42.0 Å². The first kappa shape index (κ1) is 15.7. The number of ether oxygens (including phenoxy) is 2. The first-order valence-corrected chi connectivity index (χ1v) is 7.59. The van der Waals surface area contributed by atoms with E-state index in [1.165, 1.54) is 7.11 Å². The van der Waals surface area contributed by atoms with Gasteiger partial charge < -0.3 is 24.1 Å². The molecule has 1 aromatic heterocycles. The maximum atomic E-state index is 12.7. The molecule has 1 aromatic carbocycles. The van der Waals surface area contributed by atoms with Crippen LogP contribution in [0.1, 0.15) is 11.8 Å². The molecular formula is C16H17ClN2O4. The molecule has 122 valence electrons. The summed E-state index contributed by atoms with van der Waals surface area (Å²) in [7, 11) is 1.53. The van der Waals surface area contributed by atoms with Crippen molar-refractivity contribution in [3.05, 3.63) is 47.4 Å². The molecular weight excluding hydrogens is 320 g/mol. The summed E-state index contributed by atoms with van der Waals surface area (Å²) in [5.74, 6) is 1.19. The molecule has 0 radical (unpaired) electrons. The van der Waals surface area contributed by atoms with E-state index in [-0.39, 0.29) is 12.1 Å². The third-order valence-electron chi connectivity index (χ3n) is 3.69. The number of hydrogen-bond acceptors (Lipinski definition) is 4. The Balaban J connectivity index is 1.82. The fraction of sp³-hybridized carbons (Fsp3) is 0.312. The molecule has 2 heterocycles. The highest BCUT2D eigenvalue weighted by Gasteiger charge is 2.31. The Morgan fingerprint density at radius 1 is 1.39 bits per heavy atom. The summed E-state index contributed by atoms with van der Waals surface area (Å²) in [6.45, 7) is 1.33. The third-order valence-corrected chi connectivity index (χ3v) is 4.00. The molecule has 1 aliphatic heterocycles. The van der Waals surface area contributed by atoms with Crippen LogP contribution in [0.25, 0.3) is 0 Å². The minimum atomic E-state index is -0.277. The summed E-state index contributed by atoms with van der Waals surface area (Å²) in [5, 5.41) is 3.24. The van der Waals surface area contributed by atoms with Crippen molar-refractivity contribution in [3.8, 4) is 5.75 Å². The van der Waals surface area contributed by atoms with E-state index in [1.54, 1.807) is 35.4 Å². The molecule has 1 aliphatic rings. The second-order valence-electron chi connectivity index (χ2n) is 5.05. The number of nitrogens with zero attached hydrogens (tertiary/aromatic N) is 1. The van der Waals surface area contributed by atoms with Gasteiger partial charge in [-0.1, -0.05) is 17.7 Å². The molecule has 3 rings (SSSR count). The Hall–Kier alpha value is -2.18. The Morgan fingerprint density at radius 3 is 3.00 bits per heavy atom. The van der Waals surface area contributed by atoms with Crippen LogP contribution >= 0.6 is 11.6 Å². The number of methoxy groups -OCH3 is 1. The van der Waals surface area contributed by atoms with Crippen molar-refractivity contribution in [1.29, 1.82) is 0 Å². The molecule has 0 saturated carbocycles. The zero-order valence-corrected chi connectivity index (χ0v) is 13.4. The molecule has 23 heavy (non-hydrogen) atoms. The molecule has 1 saturated heterocycles. The Labute approximate surface area is 138 Å². The van der Waals surface area contributed by atoms with Gasteiger partial charge in [-0.25, -0.2) is 4.79 Å². The summed E-state index contributed by atoms with van der Waals surface area (Å²) < 4.78 is 16.1. The summed E-state index contributed by atoms with van der Waals surface area (Å²) in [4.78, 5) is 14.4.